The number of phenolic OH excluding ortho intramolecular Hbond substituents is 1. The number of phosphoric ester groups is 2. The molecule has 5 unspecified atom stereocenters. The highest BCUT2D eigenvalue weighted by Gasteiger charge is 2.38. The van der Waals surface area contributed by atoms with Gasteiger partial charge >= 0.3 is 27.3 Å². The van der Waals surface area contributed by atoms with Gasteiger partial charge in [-0.1, -0.05) is 64.2 Å². The number of aromatic nitrogens is 2. The topological polar surface area (TPSA) is 297 Å². The van der Waals surface area contributed by atoms with Crippen molar-refractivity contribution >= 4 is 44.3 Å². The van der Waals surface area contributed by atoms with E-state index in [9.17, 15) is 43.6 Å². The molecule has 1 amide bonds. The molecule has 2 aromatic carbocycles. The SMILES string of the molecule is COP(=O)(OCCCCCCCCCCCCOP(=O)(OC)OCC1OC(n2ccc(N)nc2=O)CC1O)OCCCCCCNC(=O)c1ccc(C(=O)O)c(-c2c3ccc(=O)cc-3oc3cc(O)ccc23)c1. The highest BCUT2D eigenvalue weighted by molar-refractivity contribution is 7.48. The molecule has 23 heteroatoms. The predicted octanol–water partition coefficient (Wildman–Crippen LogP) is 9.22. The summed E-state index contributed by atoms with van der Waals surface area (Å²) in [6.45, 7) is 0.701. The Hall–Kier alpha value is -5.31. The van der Waals surface area contributed by atoms with Crippen LogP contribution in [0.15, 0.2) is 80.9 Å². The first-order valence-electron chi connectivity index (χ1n) is 24.6. The number of anilines is 1. The molecule has 0 bridgehead atoms. The molecule has 2 aliphatic heterocycles. The van der Waals surface area contributed by atoms with Crippen molar-refractivity contribution in [2.45, 2.75) is 115 Å². The second-order valence-electron chi connectivity index (χ2n) is 17.6. The number of hydrogen-bond acceptors (Lipinski definition) is 18. The van der Waals surface area contributed by atoms with Crippen LogP contribution in [0.1, 0.15) is 123 Å². The molecule has 6 N–H and O–H groups in total. The van der Waals surface area contributed by atoms with Gasteiger partial charge in [0.05, 0.1) is 38.1 Å². The number of amides is 1. The van der Waals surface area contributed by atoms with Crippen LogP contribution < -0.4 is 22.2 Å². The average Bonchev–Trinajstić information content (AvgIpc) is 3.74. The number of unbranched alkanes of at least 4 members (excludes halogenated alkanes) is 12. The Morgan fingerprint density at radius 2 is 1.37 bits per heavy atom. The van der Waals surface area contributed by atoms with E-state index in [1.165, 1.54) is 73.5 Å². The molecule has 1 fully saturated rings. The van der Waals surface area contributed by atoms with E-state index in [-0.39, 0.29) is 77.9 Å². The number of nitrogen functional groups attached to an aromatic ring is 1. The summed E-state index contributed by atoms with van der Waals surface area (Å²) in [7, 11) is -5.05. The Morgan fingerprint density at radius 1 is 0.767 bits per heavy atom. The first-order chi connectivity index (χ1) is 35.1. The molecule has 3 aromatic rings. The van der Waals surface area contributed by atoms with Crippen LogP contribution in [-0.2, 0) is 41.0 Å². The van der Waals surface area contributed by atoms with E-state index in [2.05, 4.69) is 10.3 Å². The first-order valence-corrected chi connectivity index (χ1v) is 27.5. The van der Waals surface area contributed by atoms with Crippen molar-refractivity contribution in [1.29, 1.82) is 0 Å². The van der Waals surface area contributed by atoms with E-state index in [4.69, 9.17) is 42.0 Å². The molecule has 0 radical (unpaired) electrons. The summed E-state index contributed by atoms with van der Waals surface area (Å²) in [5.41, 5.74) is 6.21. The van der Waals surface area contributed by atoms with Crippen LogP contribution in [0.4, 0.5) is 5.82 Å². The van der Waals surface area contributed by atoms with Crippen LogP contribution >= 0.6 is 15.6 Å². The number of fused-ring (bicyclic) bond motifs is 2. The van der Waals surface area contributed by atoms with Gasteiger partial charge in [-0.25, -0.2) is 18.7 Å². The lowest BCUT2D eigenvalue weighted by atomic mass is 9.89. The van der Waals surface area contributed by atoms with Gasteiger partial charge < -0.3 is 35.5 Å². The maximum Gasteiger partial charge on any atom is 0.474 e. The third kappa shape index (κ3) is 16.6. The summed E-state index contributed by atoms with van der Waals surface area (Å²) in [5, 5.41) is 34.0. The van der Waals surface area contributed by atoms with Crippen LogP contribution in [-0.4, -0.2) is 96.1 Å². The normalized spacial score (nSPS) is 17.4. The van der Waals surface area contributed by atoms with Crippen LogP contribution in [0.3, 0.4) is 0 Å². The van der Waals surface area contributed by atoms with Gasteiger partial charge in [-0.05, 0) is 79.8 Å². The van der Waals surface area contributed by atoms with Crippen molar-refractivity contribution < 1.29 is 70.3 Å². The van der Waals surface area contributed by atoms with Gasteiger partial charge in [0.25, 0.3) is 5.91 Å². The fourth-order valence-corrected chi connectivity index (χ4v) is 10.3. The van der Waals surface area contributed by atoms with E-state index in [0.717, 1.165) is 64.2 Å². The number of benzene rings is 3. The Kier molecular flexibility index (Phi) is 21.7. The molecule has 1 saturated heterocycles. The minimum Gasteiger partial charge on any atom is -0.508 e. The minimum atomic E-state index is -3.88. The molecular formula is C50H66N4O17P2. The predicted molar refractivity (Wildman–Crippen MR) is 271 cm³/mol. The molecule has 5 atom stereocenters. The third-order valence-electron chi connectivity index (χ3n) is 12.3. The second-order valence-corrected chi connectivity index (χ2v) is 21.2. The van der Waals surface area contributed by atoms with Crippen molar-refractivity contribution in [2.75, 3.05) is 52.9 Å². The van der Waals surface area contributed by atoms with Gasteiger partial charge in [0.1, 0.15) is 35.2 Å². The highest BCUT2D eigenvalue weighted by atomic mass is 31.2. The van der Waals surface area contributed by atoms with Gasteiger partial charge in [0.2, 0.25) is 0 Å². The number of aromatic hydroxyl groups is 1. The maximum absolute atomic E-state index is 13.3. The molecule has 3 heterocycles. The van der Waals surface area contributed by atoms with Crippen molar-refractivity contribution in [2.24, 2.45) is 0 Å². The van der Waals surface area contributed by atoms with Crippen molar-refractivity contribution in [1.82, 2.24) is 14.9 Å². The van der Waals surface area contributed by atoms with Gasteiger partial charge in [-0.15, -0.1) is 0 Å². The monoisotopic (exact) mass is 1060 g/mol. The standard InChI is InChI=1S/C50H66N4O17P2/c1-64-72(62,66-26-14-10-7-5-3-4-6-8-11-15-28-68-73(63,65-2)69-33-44-41(57)32-46(71-44)54-25-23-45(51)53-50(54)61)67-27-16-12-9-13-24-52-48(58)34-17-20-37(49(59)60)40(29-34)47-38-21-18-35(55)30-42(38)70-43-31-36(56)19-22-39(43)47/h17-23,25,29-31,41,44,46,55,57H,3-16,24,26-28,32-33H2,1-2H3,(H,52,58)(H,59,60)(H2,51,53,61). The Balaban J connectivity index is 0.777. The molecule has 1 aliphatic carbocycles. The van der Waals surface area contributed by atoms with Gasteiger partial charge in [-0.2, -0.15) is 4.98 Å². The number of carboxylic acid groups (broad SMARTS) is 1. The van der Waals surface area contributed by atoms with Gasteiger partial charge in [0, 0.05) is 67.6 Å². The van der Waals surface area contributed by atoms with E-state index in [1.54, 1.807) is 12.1 Å². The number of phosphoric acid groups is 2. The fraction of sp³-hybridized carbons (Fsp3) is 0.500. The Bertz CT molecular complexity index is 2800. The third-order valence-corrected chi connectivity index (χ3v) is 15.2. The van der Waals surface area contributed by atoms with Crippen molar-refractivity contribution in [3.8, 4) is 28.2 Å². The molecule has 6 rings (SSSR count). The molecule has 398 valence electrons. The van der Waals surface area contributed by atoms with Gasteiger partial charge in [-0.3, -0.25) is 41.3 Å². The van der Waals surface area contributed by atoms with Crippen molar-refractivity contribution in [3.63, 3.8) is 0 Å². The van der Waals surface area contributed by atoms with E-state index in [0.29, 0.717) is 48.7 Å². The number of carboxylic acids is 1. The number of carbonyl (C=O) groups excluding carboxylic acids is 1. The first kappa shape index (κ1) is 57.0. The number of nitrogens with two attached hydrogens (primary N) is 1. The summed E-state index contributed by atoms with van der Waals surface area (Å²) in [6, 6.07) is 14.4. The largest absolute Gasteiger partial charge is 0.508 e. The summed E-state index contributed by atoms with van der Waals surface area (Å²) >= 11 is 0. The number of nitrogens with zero attached hydrogens (tertiary/aromatic N) is 2. The molecule has 73 heavy (non-hydrogen) atoms. The summed E-state index contributed by atoms with van der Waals surface area (Å²) < 4.78 is 70.8. The Labute approximate surface area is 422 Å². The highest BCUT2D eigenvalue weighted by Crippen LogP contribution is 2.50. The summed E-state index contributed by atoms with van der Waals surface area (Å²) in [6.07, 6.45) is 11.1. The van der Waals surface area contributed by atoms with E-state index < -0.39 is 51.6 Å². The number of carbonyl (C=O) groups is 2. The summed E-state index contributed by atoms with van der Waals surface area (Å²) in [4.78, 5) is 53.7. The summed E-state index contributed by atoms with van der Waals surface area (Å²) in [5.74, 6) is -1.40. The lowest BCUT2D eigenvalue weighted by molar-refractivity contribution is -0.0473. The van der Waals surface area contributed by atoms with Crippen LogP contribution in [0.2, 0.25) is 0 Å². The van der Waals surface area contributed by atoms with Crippen LogP contribution in [0.25, 0.3) is 33.4 Å². The number of ether oxygens (including phenoxy) is 1. The smallest absolute Gasteiger partial charge is 0.474 e. The average molecular weight is 1060 g/mol. The lowest BCUT2D eigenvalue weighted by Crippen LogP contribution is -2.28. The second kappa shape index (κ2) is 27.8. The number of nitrogens with one attached hydrogen (secondary N) is 1. The van der Waals surface area contributed by atoms with Crippen LogP contribution in [0.5, 0.6) is 5.75 Å². The maximum atomic E-state index is 13.3. The number of aliphatic hydroxyl groups is 1. The zero-order valence-corrected chi connectivity index (χ0v) is 42.9. The number of hydrogen-bond donors (Lipinski definition) is 5. The van der Waals surface area contributed by atoms with Crippen LogP contribution in [0, 0.1) is 0 Å². The van der Waals surface area contributed by atoms with Gasteiger partial charge in [0.15, 0.2) is 5.43 Å². The zero-order valence-electron chi connectivity index (χ0n) is 41.1. The number of phenols is 1. The quantitative estimate of drug-likeness (QED) is 0.0152. The molecule has 0 spiro atoms. The molecule has 21 nitrogen and oxygen atoms in total. The Morgan fingerprint density at radius 3 is 1.97 bits per heavy atom. The van der Waals surface area contributed by atoms with E-state index in [1.807, 2.05) is 0 Å². The molecule has 0 saturated carbocycles. The van der Waals surface area contributed by atoms with Crippen molar-refractivity contribution in [3.05, 3.63) is 98.7 Å². The molecule has 1 aromatic heterocycles. The number of aromatic carboxylic acids is 1. The number of rotatable bonds is 32. The molecule has 3 aliphatic rings. The lowest BCUT2D eigenvalue weighted by Gasteiger charge is -2.20. The fourth-order valence-electron chi connectivity index (χ4n) is 8.39. The number of aliphatic hydroxyl groups excluding tert-OH is 1. The zero-order chi connectivity index (χ0) is 52.4. The van der Waals surface area contributed by atoms with E-state index >= 15 is 0 Å². The molecular weight excluding hydrogens is 991 g/mol. The minimum absolute atomic E-state index is 0.0556.